The smallest absolute Gasteiger partial charge is 0.286 e. The third kappa shape index (κ3) is 7.88. The molecule has 0 saturated heterocycles. The number of carbonyl (C=O) groups excluding carboxylic acids is 2. The Balaban J connectivity index is 0.00000420. The second-order valence-electron chi connectivity index (χ2n) is 7.61. The summed E-state index contributed by atoms with van der Waals surface area (Å²) in [4.78, 5) is 31.8. The van der Waals surface area contributed by atoms with Gasteiger partial charge in [-0.25, -0.2) is 0 Å². The molecular formula is C19H33ClN4O4S. The molecule has 1 aromatic heterocycles. The summed E-state index contributed by atoms with van der Waals surface area (Å²) in [6.07, 6.45) is 6.67. The molecule has 0 spiro atoms. The van der Waals surface area contributed by atoms with Crippen molar-refractivity contribution in [1.29, 1.82) is 0 Å². The van der Waals surface area contributed by atoms with E-state index in [9.17, 15) is 9.59 Å². The Hall–Kier alpha value is -1.16. The number of nitrogens with zero attached hydrogens (tertiary/aromatic N) is 4. The molecule has 1 aromatic rings. The van der Waals surface area contributed by atoms with Gasteiger partial charge in [0.15, 0.2) is 0 Å². The van der Waals surface area contributed by atoms with E-state index >= 15 is 0 Å². The normalized spacial score (nSPS) is 15.9. The number of amides is 1. The monoisotopic (exact) mass is 448 g/mol. The van der Waals surface area contributed by atoms with Crippen molar-refractivity contribution in [2.75, 3.05) is 26.5 Å². The third-order valence-corrected chi connectivity index (χ3v) is 5.83. The van der Waals surface area contributed by atoms with E-state index in [-0.39, 0.29) is 36.0 Å². The van der Waals surface area contributed by atoms with Crippen molar-refractivity contribution >= 4 is 36.4 Å². The maximum Gasteiger partial charge on any atom is 0.286 e. The van der Waals surface area contributed by atoms with Gasteiger partial charge in [-0.1, -0.05) is 44.9 Å². The van der Waals surface area contributed by atoms with Crippen LogP contribution in [-0.4, -0.2) is 70.9 Å². The molecule has 29 heavy (non-hydrogen) atoms. The molecule has 0 aromatic carbocycles. The van der Waals surface area contributed by atoms with Crippen LogP contribution in [0.1, 0.15) is 63.1 Å². The van der Waals surface area contributed by atoms with Crippen LogP contribution in [0.15, 0.2) is 9.64 Å². The van der Waals surface area contributed by atoms with Crippen molar-refractivity contribution in [3.63, 3.8) is 0 Å². The predicted octanol–water partition coefficient (Wildman–Crippen LogP) is 3.47. The molecule has 2 rings (SSSR count). The number of Topliss-reactive ketones (excluding diaryl/α,β-unsaturated/α-hetero) is 1. The molecule has 1 atom stereocenters. The van der Waals surface area contributed by atoms with Crippen LogP contribution in [0, 0.1) is 5.92 Å². The number of thioether (sulfide) groups is 1. The molecule has 1 aliphatic carbocycles. The Kier molecular flexibility index (Phi) is 11.8. The lowest BCUT2D eigenvalue weighted by molar-refractivity contribution is -0.122. The molecule has 1 fully saturated rings. The van der Waals surface area contributed by atoms with Gasteiger partial charge in [-0.2, -0.15) is 5.06 Å². The second kappa shape index (κ2) is 13.2. The van der Waals surface area contributed by atoms with E-state index in [0.29, 0.717) is 23.9 Å². The van der Waals surface area contributed by atoms with Gasteiger partial charge >= 0.3 is 0 Å². The van der Waals surface area contributed by atoms with E-state index in [2.05, 4.69) is 10.2 Å². The molecule has 0 N–H and O–H groups in total. The minimum atomic E-state index is -0.557. The number of hydroxylamine groups is 2. The maximum absolute atomic E-state index is 13.1. The standard InChI is InChI=1S/C19H32N4O4S.ClH/c1-14(2)12-16(23(13-24)15-8-6-5-7-9-15)17(25)18-20-21-19(27-18)28-11-10-22(3)26-4;/h13-16H,5-12H2,1-4H3;1H. The molecule has 0 bridgehead atoms. The number of carbonyl (C=O) groups is 2. The van der Waals surface area contributed by atoms with E-state index in [1.807, 2.05) is 20.9 Å². The molecule has 10 heteroatoms. The van der Waals surface area contributed by atoms with Crippen LogP contribution < -0.4 is 0 Å². The topological polar surface area (TPSA) is 88.8 Å². The molecule has 1 heterocycles. The van der Waals surface area contributed by atoms with Gasteiger partial charge in [0.05, 0.1) is 7.11 Å². The summed E-state index contributed by atoms with van der Waals surface area (Å²) < 4.78 is 5.59. The lowest BCUT2D eigenvalue weighted by Crippen LogP contribution is -2.48. The highest BCUT2D eigenvalue weighted by Crippen LogP contribution is 2.27. The van der Waals surface area contributed by atoms with Gasteiger partial charge in [-0.3, -0.25) is 9.59 Å². The Morgan fingerprint density at radius 1 is 1.31 bits per heavy atom. The number of ketones is 1. The fraction of sp³-hybridized carbons (Fsp3) is 0.789. The van der Waals surface area contributed by atoms with Gasteiger partial charge in [0.1, 0.15) is 6.04 Å². The summed E-state index contributed by atoms with van der Waals surface area (Å²) in [5, 5.41) is 9.98. The van der Waals surface area contributed by atoms with Crippen molar-refractivity contribution in [3.8, 4) is 0 Å². The van der Waals surface area contributed by atoms with Crippen LogP contribution in [0.25, 0.3) is 0 Å². The zero-order valence-electron chi connectivity index (χ0n) is 17.7. The maximum atomic E-state index is 13.1. The van der Waals surface area contributed by atoms with Gasteiger partial charge in [-0.15, -0.1) is 22.6 Å². The van der Waals surface area contributed by atoms with E-state index < -0.39 is 6.04 Å². The zero-order valence-corrected chi connectivity index (χ0v) is 19.3. The first-order chi connectivity index (χ1) is 13.5. The summed E-state index contributed by atoms with van der Waals surface area (Å²) in [5.41, 5.74) is 0. The summed E-state index contributed by atoms with van der Waals surface area (Å²) in [5.74, 6) is 0.676. The fourth-order valence-corrected chi connectivity index (χ4v) is 4.23. The number of hydrogen-bond donors (Lipinski definition) is 0. The zero-order chi connectivity index (χ0) is 20.5. The first-order valence-electron chi connectivity index (χ1n) is 9.94. The SMILES string of the molecule is CON(C)CCSc1nnc(C(=O)C(CC(C)C)N(C=O)C2CCCCC2)o1.Cl. The highest BCUT2D eigenvalue weighted by Gasteiger charge is 2.35. The molecule has 1 saturated carbocycles. The Morgan fingerprint density at radius 3 is 2.59 bits per heavy atom. The highest BCUT2D eigenvalue weighted by atomic mass is 35.5. The van der Waals surface area contributed by atoms with Crippen LogP contribution in [0.5, 0.6) is 0 Å². The molecule has 166 valence electrons. The van der Waals surface area contributed by atoms with Crippen LogP contribution in [0.2, 0.25) is 0 Å². The summed E-state index contributed by atoms with van der Waals surface area (Å²) >= 11 is 1.37. The Bertz CT molecular complexity index is 625. The largest absolute Gasteiger partial charge is 0.408 e. The van der Waals surface area contributed by atoms with Crippen LogP contribution in [0.4, 0.5) is 0 Å². The third-order valence-electron chi connectivity index (χ3n) is 5.04. The lowest BCUT2D eigenvalue weighted by Gasteiger charge is -2.36. The average molecular weight is 449 g/mol. The van der Waals surface area contributed by atoms with Gasteiger partial charge in [-0.05, 0) is 25.2 Å². The quantitative estimate of drug-likeness (QED) is 0.208. The summed E-state index contributed by atoms with van der Waals surface area (Å²) in [7, 11) is 3.44. The molecule has 1 amide bonds. The minimum Gasteiger partial charge on any atom is -0.408 e. The molecule has 8 nitrogen and oxygen atoms in total. The average Bonchev–Trinajstić information content (AvgIpc) is 3.16. The van der Waals surface area contributed by atoms with Crippen LogP contribution >= 0.6 is 24.2 Å². The van der Waals surface area contributed by atoms with Crippen molar-refractivity contribution < 1.29 is 18.8 Å². The van der Waals surface area contributed by atoms with Crippen molar-refractivity contribution in [2.45, 2.75) is 69.7 Å². The molecule has 0 aliphatic heterocycles. The molecule has 1 aliphatic rings. The van der Waals surface area contributed by atoms with Crippen molar-refractivity contribution in [3.05, 3.63) is 5.89 Å². The number of hydrogen-bond acceptors (Lipinski definition) is 8. The number of aromatic nitrogens is 2. The number of rotatable bonds is 12. The van der Waals surface area contributed by atoms with E-state index in [0.717, 1.165) is 32.1 Å². The van der Waals surface area contributed by atoms with E-state index in [1.54, 1.807) is 17.1 Å². The van der Waals surface area contributed by atoms with E-state index in [1.165, 1.54) is 18.2 Å². The summed E-state index contributed by atoms with van der Waals surface area (Å²) in [6, 6.07) is -0.446. The van der Waals surface area contributed by atoms with Crippen LogP contribution in [-0.2, 0) is 9.63 Å². The Labute approximate surface area is 183 Å². The lowest BCUT2D eigenvalue weighted by atomic mass is 9.91. The molecule has 0 radical (unpaired) electrons. The van der Waals surface area contributed by atoms with Gasteiger partial charge in [0.25, 0.3) is 11.1 Å². The van der Waals surface area contributed by atoms with Crippen LogP contribution in [0.3, 0.4) is 0 Å². The highest BCUT2D eigenvalue weighted by molar-refractivity contribution is 7.99. The van der Waals surface area contributed by atoms with Gasteiger partial charge in [0, 0.05) is 25.4 Å². The first kappa shape index (κ1) is 25.9. The Morgan fingerprint density at radius 2 is 2.00 bits per heavy atom. The minimum absolute atomic E-state index is 0. The number of halogens is 1. The van der Waals surface area contributed by atoms with E-state index in [4.69, 9.17) is 9.25 Å². The molecular weight excluding hydrogens is 416 g/mol. The summed E-state index contributed by atoms with van der Waals surface area (Å²) in [6.45, 7) is 4.78. The van der Waals surface area contributed by atoms with Crippen molar-refractivity contribution in [1.82, 2.24) is 20.2 Å². The fourth-order valence-electron chi connectivity index (χ4n) is 3.47. The second-order valence-corrected chi connectivity index (χ2v) is 8.66. The predicted molar refractivity (Wildman–Crippen MR) is 114 cm³/mol. The van der Waals surface area contributed by atoms with Gasteiger partial charge < -0.3 is 14.2 Å². The first-order valence-corrected chi connectivity index (χ1v) is 10.9. The molecule has 1 unspecified atom stereocenters. The van der Waals surface area contributed by atoms with Gasteiger partial charge in [0.2, 0.25) is 12.2 Å². The van der Waals surface area contributed by atoms with Crippen molar-refractivity contribution in [2.24, 2.45) is 5.92 Å².